The Morgan fingerprint density at radius 3 is 1.81 bits per heavy atom. The third kappa shape index (κ3) is 5.21. The molecule has 3 heterocycles. The molecule has 278 valence electrons. The lowest BCUT2D eigenvalue weighted by Crippen LogP contribution is -2.14. The Hall–Kier alpha value is -7.63. The second-order valence-corrected chi connectivity index (χ2v) is 15.9. The van der Waals surface area contributed by atoms with Crippen LogP contribution >= 0.6 is 0 Å². The first-order valence-corrected chi connectivity index (χ1v) is 20.0. The number of aromatic nitrogens is 3. The summed E-state index contributed by atoms with van der Waals surface area (Å²) in [7, 11) is 0. The van der Waals surface area contributed by atoms with Crippen LogP contribution in [0.25, 0.3) is 111 Å². The molecule has 0 radical (unpaired) electrons. The maximum atomic E-state index is 6.57. The van der Waals surface area contributed by atoms with E-state index in [0.717, 1.165) is 77.3 Å². The zero-order valence-corrected chi connectivity index (χ0v) is 32.4. The minimum atomic E-state index is -0.0908. The van der Waals surface area contributed by atoms with Gasteiger partial charge in [0.15, 0.2) is 17.5 Å². The first-order valence-electron chi connectivity index (χ1n) is 20.0. The Morgan fingerprint density at radius 2 is 0.932 bits per heavy atom. The van der Waals surface area contributed by atoms with Crippen LogP contribution in [0.5, 0.6) is 0 Å². The average molecular weight is 758 g/mol. The van der Waals surface area contributed by atoms with Crippen LogP contribution in [-0.4, -0.2) is 15.0 Å². The lowest BCUT2D eigenvalue weighted by atomic mass is 9.82. The van der Waals surface area contributed by atoms with Gasteiger partial charge in [0.1, 0.15) is 22.3 Å². The molecule has 59 heavy (non-hydrogen) atoms. The number of para-hydroxylation sites is 1. The highest BCUT2D eigenvalue weighted by Gasteiger charge is 2.36. The molecule has 0 bridgehead atoms. The summed E-state index contributed by atoms with van der Waals surface area (Å²) in [5.74, 6) is 1.71. The Kier molecular flexibility index (Phi) is 7.20. The molecule has 0 saturated heterocycles. The summed E-state index contributed by atoms with van der Waals surface area (Å²) in [5.41, 5.74) is 15.7. The second kappa shape index (κ2) is 12.7. The summed E-state index contributed by atoms with van der Waals surface area (Å²) in [5, 5.41) is 4.11. The number of furan rings is 2. The summed E-state index contributed by atoms with van der Waals surface area (Å²) in [4.78, 5) is 15.6. The fraction of sp³-hybridized carbons (Fsp3) is 0.0556. The van der Waals surface area contributed by atoms with Gasteiger partial charge < -0.3 is 8.83 Å². The monoisotopic (exact) mass is 757 g/mol. The van der Waals surface area contributed by atoms with Crippen molar-refractivity contribution in [3.8, 4) is 67.5 Å². The van der Waals surface area contributed by atoms with Crippen LogP contribution in [-0.2, 0) is 5.41 Å². The third-order valence-electron chi connectivity index (χ3n) is 12.2. The molecule has 0 N–H and O–H groups in total. The van der Waals surface area contributed by atoms with E-state index >= 15 is 0 Å². The minimum absolute atomic E-state index is 0.0908. The van der Waals surface area contributed by atoms with Crippen molar-refractivity contribution < 1.29 is 8.83 Å². The maximum absolute atomic E-state index is 6.57. The molecule has 0 saturated carbocycles. The predicted octanol–water partition coefficient (Wildman–Crippen LogP) is 14.3. The molecule has 5 nitrogen and oxygen atoms in total. The summed E-state index contributed by atoms with van der Waals surface area (Å²) in [6, 6.07) is 61.3. The van der Waals surface area contributed by atoms with E-state index in [4.69, 9.17) is 23.8 Å². The minimum Gasteiger partial charge on any atom is -0.456 e. The number of nitrogens with zero attached hydrogens (tertiary/aromatic N) is 3. The summed E-state index contributed by atoms with van der Waals surface area (Å²) >= 11 is 0. The molecule has 0 aliphatic heterocycles. The van der Waals surface area contributed by atoms with Crippen LogP contribution in [0.4, 0.5) is 0 Å². The Bertz CT molecular complexity index is 3470. The molecule has 5 heteroatoms. The van der Waals surface area contributed by atoms with Crippen molar-refractivity contribution in [2.75, 3.05) is 0 Å². The topological polar surface area (TPSA) is 65.0 Å². The Morgan fingerprint density at radius 1 is 0.356 bits per heavy atom. The van der Waals surface area contributed by atoms with Crippen molar-refractivity contribution in [3.63, 3.8) is 0 Å². The Balaban J connectivity index is 1.05. The molecule has 12 rings (SSSR count). The number of hydrogen-bond acceptors (Lipinski definition) is 5. The van der Waals surface area contributed by atoms with Gasteiger partial charge in [-0.05, 0) is 80.9 Å². The summed E-state index contributed by atoms with van der Waals surface area (Å²) in [6.07, 6.45) is 0. The zero-order chi connectivity index (χ0) is 39.2. The van der Waals surface area contributed by atoms with E-state index in [0.29, 0.717) is 17.5 Å². The van der Waals surface area contributed by atoms with E-state index < -0.39 is 0 Å². The van der Waals surface area contributed by atoms with Crippen molar-refractivity contribution in [1.29, 1.82) is 0 Å². The highest BCUT2D eigenvalue weighted by Crippen LogP contribution is 2.52. The third-order valence-corrected chi connectivity index (χ3v) is 12.2. The van der Waals surface area contributed by atoms with Crippen LogP contribution < -0.4 is 0 Å². The van der Waals surface area contributed by atoms with Gasteiger partial charge in [-0.15, -0.1) is 0 Å². The molecule has 0 atom stereocenters. The molecule has 1 aliphatic carbocycles. The van der Waals surface area contributed by atoms with Crippen LogP contribution in [0.2, 0.25) is 0 Å². The largest absolute Gasteiger partial charge is 0.456 e. The summed E-state index contributed by atoms with van der Waals surface area (Å²) < 4.78 is 12.9. The predicted molar refractivity (Wildman–Crippen MR) is 239 cm³/mol. The first kappa shape index (κ1) is 33.5. The molecule has 0 amide bonds. The molecule has 11 aromatic rings. The van der Waals surface area contributed by atoms with E-state index in [1.807, 2.05) is 42.5 Å². The normalized spacial score (nSPS) is 13.1. The highest BCUT2D eigenvalue weighted by molar-refractivity contribution is 6.13. The highest BCUT2D eigenvalue weighted by atomic mass is 16.3. The van der Waals surface area contributed by atoms with E-state index in [2.05, 4.69) is 147 Å². The van der Waals surface area contributed by atoms with E-state index in [-0.39, 0.29) is 5.41 Å². The second-order valence-electron chi connectivity index (χ2n) is 15.9. The molecule has 0 spiro atoms. The SMILES string of the molecule is CC1(C)c2ccccc2-c2c(-c3ccc4oc5cccc(-c6nc(-c7ccc(-c8ccccc8)cc7)nc(-c7ccc8c(c7)oc7ccccc78)n6)c5c4c3)cccc21. The average Bonchev–Trinajstić information content (AvgIpc) is 3.93. The fourth-order valence-electron chi connectivity index (χ4n) is 9.24. The molecule has 8 aromatic carbocycles. The molecular weight excluding hydrogens is 723 g/mol. The summed E-state index contributed by atoms with van der Waals surface area (Å²) in [6.45, 7) is 4.65. The lowest BCUT2D eigenvalue weighted by Gasteiger charge is -2.21. The van der Waals surface area contributed by atoms with Crippen LogP contribution in [0.3, 0.4) is 0 Å². The van der Waals surface area contributed by atoms with Gasteiger partial charge in [-0.1, -0.05) is 153 Å². The van der Waals surface area contributed by atoms with Crippen molar-refractivity contribution in [2.24, 2.45) is 0 Å². The zero-order valence-electron chi connectivity index (χ0n) is 32.4. The standard InChI is InChI=1S/C54H35N3O2/c1-54(2)43-18-8-6-15-40(43)49-37(16-10-19-44(49)54)35-27-29-46-42(30-35)50-41(17-11-21-47(50)58-46)53-56-51(34-24-22-33(23-25-34)32-12-4-3-5-13-32)55-52(57-53)36-26-28-39-38-14-7-9-20-45(38)59-48(39)31-36/h3-31H,1-2H3. The van der Waals surface area contributed by atoms with Gasteiger partial charge in [-0.3, -0.25) is 0 Å². The number of hydrogen-bond donors (Lipinski definition) is 0. The molecular formula is C54H35N3O2. The van der Waals surface area contributed by atoms with Crippen molar-refractivity contribution in [1.82, 2.24) is 15.0 Å². The fourth-order valence-corrected chi connectivity index (χ4v) is 9.24. The van der Waals surface area contributed by atoms with Gasteiger partial charge in [-0.2, -0.15) is 0 Å². The quantitative estimate of drug-likeness (QED) is 0.175. The van der Waals surface area contributed by atoms with E-state index in [1.165, 1.54) is 27.8 Å². The van der Waals surface area contributed by atoms with Crippen LogP contribution in [0, 0.1) is 0 Å². The molecule has 3 aromatic heterocycles. The van der Waals surface area contributed by atoms with Gasteiger partial charge in [0.05, 0.1) is 0 Å². The number of rotatable bonds is 5. The van der Waals surface area contributed by atoms with Crippen LogP contribution in [0.1, 0.15) is 25.0 Å². The van der Waals surface area contributed by atoms with Crippen LogP contribution in [0.15, 0.2) is 185 Å². The van der Waals surface area contributed by atoms with Gasteiger partial charge in [0.2, 0.25) is 0 Å². The molecule has 1 aliphatic rings. The Labute approximate surface area is 340 Å². The number of benzene rings is 8. The maximum Gasteiger partial charge on any atom is 0.164 e. The van der Waals surface area contributed by atoms with Gasteiger partial charge in [0, 0.05) is 43.7 Å². The van der Waals surface area contributed by atoms with E-state index in [1.54, 1.807) is 0 Å². The van der Waals surface area contributed by atoms with Gasteiger partial charge in [-0.25, -0.2) is 15.0 Å². The van der Waals surface area contributed by atoms with Gasteiger partial charge >= 0.3 is 0 Å². The van der Waals surface area contributed by atoms with Gasteiger partial charge in [0.25, 0.3) is 0 Å². The van der Waals surface area contributed by atoms with Crippen molar-refractivity contribution >= 4 is 43.9 Å². The first-order chi connectivity index (χ1) is 29.0. The number of fused-ring (bicyclic) bond motifs is 9. The molecule has 0 unspecified atom stereocenters. The van der Waals surface area contributed by atoms with Crippen molar-refractivity contribution in [2.45, 2.75) is 19.3 Å². The lowest BCUT2D eigenvalue weighted by molar-refractivity contribution is 0.660. The van der Waals surface area contributed by atoms with E-state index in [9.17, 15) is 0 Å². The smallest absolute Gasteiger partial charge is 0.164 e. The van der Waals surface area contributed by atoms with Crippen molar-refractivity contribution in [3.05, 3.63) is 187 Å². The molecule has 0 fully saturated rings.